The Labute approximate surface area is 157 Å². The van der Waals surface area contributed by atoms with Crippen molar-refractivity contribution < 1.29 is 14.3 Å². The predicted octanol–water partition coefficient (Wildman–Crippen LogP) is 3.67. The van der Waals surface area contributed by atoms with Crippen molar-refractivity contribution in [2.75, 3.05) is 20.8 Å². The molecule has 1 heterocycles. The maximum Gasteiger partial charge on any atom is 0.255 e. The monoisotopic (exact) mass is 363 g/mol. The van der Waals surface area contributed by atoms with E-state index in [1.807, 2.05) is 42.5 Å². The Balaban J connectivity index is 1.99. The first-order valence-electron chi connectivity index (χ1n) is 8.44. The smallest absolute Gasteiger partial charge is 0.255 e. The molecule has 0 fully saturated rings. The number of aromatic nitrogens is 2. The van der Waals surface area contributed by atoms with Crippen LogP contribution >= 0.6 is 0 Å². The van der Waals surface area contributed by atoms with Gasteiger partial charge in [0, 0.05) is 6.54 Å². The maximum absolute atomic E-state index is 12.4. The van der Waals surface area contributed by atoms with Gasteiger partial charge in [-0.3, -0.25) is 9.89 Å². The molecule has 0 atom stereocenters. The molecule has 2 N–H and O–H groups in total. The highest BCUT2D eigenvalue weighted by Gasteiger charge is 2.18. The fraction of sp³-hybridized carbons (Fsp3) is 0.143. The van der Waals surface area contributed by atoms with Gasteiger partial charge in [-0.1, -0.05) is 24.3 Å². The number of carbonyl (C=O) groups is 1. The molecular formula is C21H21N3O3. The molecule has 2 aromatic carbocycles. The van der Waals surface area contributed by atoms with E-state index < -0.39 is 0 Å². The highest BCUT2D eigenvalue weighted by Crippen LogP contribution is 2.32. The van der Waals surface area contributed by atoms with Crippen molar-refractivity contribution in [2.45, 2.75) is 0 Å². The van der Waals surface area contributed by atoms with Crippen molar-refractivity contribution in [3.8, 4) is 11.5 Å². The number of methoxy groups -OCH3 is 2. The molecule has 1 amide bonds. The molecule has 0 aliphatic carbocycles. The van der Waals surface area contributed by atoms with E-state index in [4.69, 9.17) is 9.47 Å². The Hall–Kier alpha value is -3.54. The molecule has 0 aliphatic rings. The average Bonchev–Trinajstić information content (AvgIpc) is 3.13. The van der Waals surface area contributed by atoms with Gasteiger partial charge in [-0.05, 0) is 35.9 Å². The number of fused-ring (bicyclic) bond motifs is 1. The SMILES string of the molecule is C=CCNC(=O)c1ccc2[nH]nc(/C=C/c3ccc(OC)cc3)c2c1OC. The van der Waals surface area contributed by atoms with Crippen LogP contribution in [-0.2, 0) is 0 Å². The van der Waals surface area contributed by atoms with E-state index in [1.165, 1.54) is 0 Å². The molecule has 3 aromatic rings. The molecule has 0 spiro atoms. The molecule has 138 valence electrons. The lowest BCUT2D eigenvalue weighted by Crippen LogP contribution is -2.23. The van der Waals surface area contributed by atoms with Crippen molar-refractivity contribution in [1.82, 2.24) is 15.5 Å². The summed E-state index contributed by atoms with van der Waals surface area (Å²) in [5.74, 6) is 1.06. The fourth-order valence-electron chi connectivity index (χ4n) is 2.77. The summed E-state index contributed by atoms with van der Waals surface area (Å²) in [6.45, 7) is 4.00. The first-order valence-corrected chi connectivity index (χ1v) is 8.44. The summed E-state index contributed by atoms with van der Waals surface area (Å²) in [5.41, 5.74) is 2.94. The van der Waals surface area contributed by atoms with Crippen molar-refractivity contribution in [3.63, 3.8) is 0 Å². The number of carbonyl (C=O) groups excluding carboxylic acids is 1. The molecule has 0 bridgehead atoms. The number of rotatable bonds is 7. The van der Waals surface area contributed by atoms with Crippen LogP contribution < -0.4 is 14.8 Å². The van der Waals surface area contributed by atoms with E-state index in [-0.39, 0.29) is 5.91 Å². The lowest BCUT2D eigenvalue weighted by Gasteiger charge is -2.10. The Morgan fingerprint density at radius 2 is 1.93 bits per heavy atom. The minimum absolute atomic E-state index is 0.222. The van der Waals surface area contributed by atoms with Crippen LogP contribution in [0.2, 0.25) is 0 Å². The molecule has 0 aliphatic heterocycles. The molecular weight excluding hydrogens is 342 g/mol. The van der Waals surface area contributed by atoms with Gasteiger partial charge in [0.2, 0.25) is 0 Å². The fourth-order valence-corrected chi connectivity index (χ4v) is 2.77. The Kier molecular flexibility index (Phi) is 5.56. The summed E-state index contributed by atoms with van der Waals surface area (Å²) in [5, 5.41) is 10.9. The van der Waals surface area contributed by atoms with Gasteiger partial charge in [-0.15, -0.1) is 6.58 Å². The molecule has 3 rings (SSSR count). The molecule has 27 heavy (non-hydrogen) atoms. The number of benzene rings is 2. The van der Waals surface area contributed by atoms with Crippen LogP contribution in [0.5, 0.6) is 11.5 Å². The van der Waals surface area contributed by atoms with Crippen LogP contribution in [0.3, 0.4) is 0 Å². The zero-order chi connectivity index (χ0) is 19.2. The second-order valence-corrected chi connectivity index (χ2v) is 5.78. The zero-order valence-corrected chi connectivity index (χ0v) is 15.3. The number of amides is 1. The van der Waals surface area contributed by atoms with Crippen LogP contribution in [0.15, 0.2) is 49.1 Å². The van der Waals surface area contributed by atoms with E-state index >= 15 is 0 Å². The van der Waals surface area contributed by atoms with Gasteiger partial charge in [0.15, 0.2) is 0 Å². The van der Waals surface area contributed by atoms with E-state index in [0.717, 1.165) is 22.2 Å². The minimum Gasteiger partial charge on any atom is -0.497 e. The highest BCUT2D eigenvalue weighted by atomic mass is 16.5. The number of ether oxygens (including phenoxy) is 2. The van der Waals surface area contributed by atoms with Gasteiger partial charge in [-0.2, -0.15) is 5.10 Å². The quantitative estimate of drug-likeness (QED) is 0.628. The number of nitrogens with zero attached hydrogens (tertiary/aromatic N) is 1. The summed E-state index contributed by atoms with van der Waals surface area (Å²) in [7, 11) is 3.18. The largest absolute Gasteiger partial charge is 0.497 e. The van der Waals surface area contributed by atoms with Crippen molar-refractivity contribution in [2.24, 2.45) is 0 Å². The average molecular weight is 363 g/mol. The summed E-state index contributed by atoms with van der Waals surface area (Å²) in [6.07, 6.45) is 5.46. The molecule has 0 saturated heterocycles. The van der Waals surface area contributed by atoms with Gasteiger partial charge >= 0.3 is 0 Å². The first-order chi connectivity index (χ1) is 13.2. The second kappa shape index (κ2) is 8.23. The Morgan fingerprint density at radius 1 is 1.15 bits per heavy atom. The third-order valence-corrected chi connectivity index (χ3v) is 4.12. The van der Waals surface area contributed by atoms with Crippen LogP contribution in [0.1, 0.15) is 21.6 Å². The van der Waals surface area contributed by atoms with Crippen LogP contribution in [-0.4, -0.2) is 36.9 Å². The Morgan fingerprint density at radius 3 is 2.59 bits per heavy atom. The van der Waals surface area contributed by atoms with Gasteiger partial charge in [-0.25, -0.2) is 0 Å². The molecule has 0 unspecified atom stereocenters. The van der Waals surface area contributed by atoms with Crippen LogP contribution in [0, 0.1) is 0 Å². The number of aromatic amines is 1. The first kappa shape index (κ1) is 18.3. The Bertz CT molecular complexity index is 988. The van der Waals surface area contributed by atoms with E-state index in [1.54, 1.807) is 26.4 Å². The second-order valence-electron chi connectivity index (χ2n) is 5.78. The number of H-pyrrole nitrogens is 1. The normalized spacial score (nSPS) is 10.9. The standard InChI is InChI=1S/C21H21N3O3/c1-4-13-22-21(25)16-10-12-18-19(20(16)27-3)17(23-24-18)11-7-14-5-8-15(26-2)9-6-14/h4-12H,1,13H2,2-3H3,(H,22,25)(H,23,24)/b11-7+. The highest BCUT2D eigenvalue weighted by molar-refractivity contribution is 6.05. The molecule has 6 nitrogen and oxygen atoms in total. The lowest BCUT2D eigenvalue weighted by atomic mass is 10.1. The molecule has 0 radical (unpaired) electrons. The summed E-state index contributed by atoms with van der Waals surface area (Å²) in [6, 6.07) is 11.2. The summed E-state index contributed by atoms with van der Waals surface area (Å²) in [4.78, 5) is 12.4. The zero-order valence-electron chi connectivity index (χ0n) is 15.3. The summed E-state index contributed by atoms with van der Waals surface area (Å²) >= 11 is 0. The van der Waals surface area contributed by atoms with E-state index in [0.29, 0.717) is 23.6 Å². The van der Waals surface area contributed by atoms with Crippen molar-refractivity contribution in [3.05, 3.63) is 65.9 Å². The van der Waals surface area contributed by atoms with E-state index in [2.05, 4.69) is 22.1 Å². The predicted molar refractivity (Wildman–Crippen MR) is 107 cm³/mol. The van der Waals surface area contributed by atoms with Gasteiger partial charge in [0.1, 0.15) is 11.5 Å². The third-order valence-electron chi connectivity index (χ3n) is 4.12. The molecule has 0 saturated carbocycles. The van der Waals surface area contributed by atoms with Gasteiger partial charge in [0.05, 0.1) is 36.4 Å². The molecule has 6 heteroatoms. The number of hydrogen-bond donors (Lipinski definition) is 2. The van der Waals surface area contributed by atoms with E-state index in [9.17, 15) is 4.79 Å². The molecule has 1 aromatic heterocycles. The topological polar surface area (TPSA) is 76.2 Å². The van der Waals surface area contributed by atoms with Gasteiger partial charge < -0.3 is 14.8 Å². The third kappa shape index (κ3) is 3.84. The van der Waals surface area contributed by atoms with Crippen molar-refractivity contribution >= 4 is 29.0 Å². The van der Waals surface area contributed by atoms with Crippen molar-refractivity contribution in [1.29, 1.82) is 0 Å². The lowest BCUT2D eigenvalue weighted by molar-refractivity contribution is 0.0955. The number of hydrogen-bond acceptors (Lipinski definition) is 4. The van der Waals surface area contributed by atoms with Crippen LogP contribution in [0.25, 0.3) is 23.1 Å². The number of nitrogens with one attached hydrogen (secondary N) is 2. The maximum atomic E-state index is 12.4. The van der Waals surface area contributed by atoms with Gasteiger partial charge in [0.25, 0.3) is 5.91 Å². The minimum atomic E-state index is -0.222. The summed E-state index contributed by atoms with van der Waals surface area (Å²) < 4.78 is 10.7. The van der Waals surface area contributed by atoms with Crippen LogP contribution in [0.4, 0.5) is 0 Å².